The van der Waals surface area contributed by atoms with E-state index in [9.17, 15) is 0 Å². The van der Waals surface area contributed by atoms with Gasteiger partial charge in [0.05, 0.1) is 5.69 Å². The van der Waals surface area contributed by atoms with Crippen LogP contribution in [0.25, 0.3) is 22.3 Å². The first-order chi connectivity index (χ1) is 34.2. The Bertz CT molecular complexity index is 3410. The van der Waals surface area contributed by atoms with Gasteiger partial charge in [-0.1, -0.05) is 175 Å². The van der Waals surface area contributed by atoms with Gasteiger partial charge in [0.15, 0.2) is 0 Å². The SMILES string of the molecule is [2H]C([2H])([2H])Cc1ccc2c(c1)N(c1cc3c(cc1-c1ccccc1)C(C)(C)CC3(C)C)c1cc(-c3ccccc3)cc3c1B2c1cc2c(cc1N3c1ccc3c(c1)C(C)(C)CCC3(C)C)C(C)(C)CCC2(C)C. The van der Waals surface area contributed by atoms with Crippen molar-refractivity contribution in [3.8, 4) is 22.3 Å². The molecule has 0 saturated heterocycles. The molecular weight excluding hydrogens is 844 g/mol. The summed E-state index contributed by atoms with van der Waals surface area (Å²) in [6.07, 6.45) is 5.58. The van der Waals surface area contributed by atoms with Gasteiger partial charge in [-0.25, -0.2) is 0 Å². The second-order valence-electron chi connectivity index (χ2n) is 25.9. The maximum atomic E-state index is 8.57. The average Bonchev–Trinajstić information content (AvgIpc) is 3.52. The molecule has 7 aromatic rings. The van der Waals surface area contributed by atoms with Crippen molar-refractivity contribution in [3.63, 3.8) is 0 Å². The molecule has 0 N–H and O–H groups in total. The highest BCUT2D eigenvalue weighted by Gasteiger charge is 2.49. The van der Waals surface area contributed by atoms with Gasteiger partial charge in [0.1, 0.15) is 0 Å². The Morgan fingerprint density at radius 1 is 0.414 bits per heavy atom. The summed E-state index contributed by atoms with van der Waals surface area (Å²) in [6, 6.07) is 51.2. The van der Waals surface area contributed by atoms with Crippen molar-refractivity contribution in [2.45, 2.75) is 161 Å². The highest BCUT2D eigenvalue weighted by atomic mass is 15.2. The lowest BCUT2D eigenvalue weighted by Gasteiger charge is -2.48. The number of anilines is 6. The second-order valence-corrected chi connectivity index (χ2v) is 25.9. The monoisotopic (exact) mass is 920 g/mol. The number of hydrogen-bond acceptors (Lipinski definition) is 2. The smallest absolute Gasteiger partial charge is 0.252 e. The van der Waals surface area contributed by atoms with Crippen molar-refractivity contribution in [2.24, 2.45) is 0 Å². The molecule has 0 aromatic heterocycles. The van der Waals surface area contributed by atoms with Crippen molar-refractivity contribution in [1.29, 1.82) is 0 Å². The lowest BCUT2D eigenvalue weighted by Crippen LogP contribution is -2.62. The Hall–Kier alpha value is -5.80. The molecule has 2 nitrogen and oxygen atoms in total. The van der Waals surface area contributed by atoms with E-state index in [0.717, 1.165) is 65.9 Å². The van der Waals surface area contributed by atoms with Crippen molar-refractivity contribution in [2.75, 3.05) is 9.80 Å². The van der Waals surface area contributed by atoms with Crippen LogP contribution in [0.2, 0.25) is 0 Å². The minimum absolute atomic E-state index is 0.00940. The molecule has 0 radical (unpaired) electrons. The van der Waals surface area contributed by atoms with Gasteiger partial charge in [0, 0.05) is 38.1 Å². The molecule has 70 heavy (non-hydrogen) atoms. The quantitative estimate of drug-likeness (QED) is 0.159. The molecule has 0 spiro atoms. The van der Waals surface area contributed by atoms with Crippen LogP contribution in [0.1, 0.15) is 165 Å². The minimum Gasteiger partial charge on any atom is -0.311 e. The Kier molecular flexibility index (Phi) is 9.06. The van der Waals surface area contributed by atoms with Gasteiger partial charge >= 0.3 is 0 Å². The number of benzene rings is 7. The molecule has 5 aliphatic rings. The predicted molar refractivity (Wildman–Crippen MR) is 302 cm³/mol. The first kappa shape index (κ1) is 41.9. The summed E-state index contributed by atoms with van der Waals surface area (Å²) in [7, 11) is 0. The maximum Gasteiger partial charge on any atom is 0.252 e. The number of fused-ring (bicyclic) bond motifs is 7. The molecule has 2 heterocycles. The third-order valence-corrected chi connectivity index (χ3v) is 18.3. The number of hydrogen-bond donors (Lipinski definition) is 0. The highest BCUT2D eigenvalue weighted by Crippen LogP contribution is 2.57. The van der Waals surface area contributed by atoms with Crippen molar-refractivity contribution in [1.82, 2.24) is 0 Å². The first-order valence-electron chi connectivity index (χ1n) is 27.8. The lowest BCUT2D eigenvalue weighted by molar-refractivity contribution is 0.332. The highest BCUT2D eigenvalue weighted by molar-refractivity contribution is 7.00. The van der Waals surface area contributed by atoms with E-state index in [-0.39, 0.29) is 45.6 Å². The number of nitrogens with zero attached hydrogens (tertiary/aromatic N) is 2. The van der Waals surface area contributed by atoms with E-state index in [1.54, 1.807) is 0 Å². The molecule has 7 aromatic carbocycles. The van der Waals surface area contributed by atoms with Crippen LogP contribution in [0, 0.1) is 0 Å². The van der Waals surface area contributed by atoms with Gasteiger partial charge in [-0.3, -0.25) is 0 Å². The standard InChI is InChI=1S/C67H73BN2/c1-14-42-25-28-54-57(33-42)70(56-39-53-50(66(10,11)41-67(53,12)13)37-47(56)44-23-19-16-20-24-44)60-35-45(43-21-17-15-18-22-43)34-59-61(60)68(54)55-38-51-52(65(8,9)32-31-64(51,6)7)40-58(55)69(59)46-26-27-48-49(36-46)63(4,5)30-29-62(48,2)3/h15-28,33-40H,14,29-32,41H2,1-13H3/i1D3. The minimum atomic E-state index is -2.13. The molecular formula is C67H73BN2. The molecule has 2 aliphatic heterocycles. The van der Waals surface area contributed by atoms with Crippen LogP contribution >= 0.6 is 0 Å². The zero-order valence-corrected chi connectivity index (χ0v) is 43.9. The van der Waals surface area contributed by atoms with E-state index < -0.39 is 6.85 Å². The van der Waals surface area contributed by atoms with E-state index in [4.69, 9.17) is 4.11 Å². The summed E-state index contributed by atoms with van der Waals surface area (Å²) < 4.78 is 25.7. The van der Waals surface area contributed by atoms with Crippen LogP contribution < -0.4 is 26.2 Å². The predicted octanol–water partition coefficient (Wildman–Crippen LogP) is 16.3. The topological polar surface area (TPSA) is 6.48 Å². The van der Waals surface area contributed by atoms with Gasteiger partial charge in [0.2, 0.25) is 0 Å². The molecule has 3 aliphatic carbocycles. The van der Waals surface area contributed by atoms with Gasteiger partial charge in [-0.15, -0.1) is 0 Å². The molecule has 0 atom stereocenters. The van der Waals surface area contributed by atoms with E-state index in [1.807, 2.05) is 0 Å². The van der Waals surface area contributed by atoms with Crippen molar-refractivity contribution >= 4 is 57.2 Å². The van der Waals surface area contributed by atoms with Crippen LogP contribution in [0.15, 0.2) is 133 Å². The summed E-state index contributed by atoms with van der Waals surface area (Å²) in [5.41, 5.74) is 24.8. The van der Waals surface area contributed by atoms with E-state index in [0.29, 0.717) is 0 Å². The number of aryl methyl sites for hydroxylation is 1. The Balaban J connectivity index is 1.25. The maximum absolute atomic E-state index is 8.57. The zero-order chi connectivity index (χ0) is 51.6. The van der Waals surface area contributed by atoms with Crippen LogP contribution in [0.5, 0.6) is 0 Å². The number of rotatable bonds is 5. The summed E-state index contributed by atoms with van der Waals surface area (Å²) >= 11 is 0. The third-order valence-electron chi connectivity index (χ3n) is 18.3. The Labute approximate surface area is 424 Å². The van der Waals surface area contributed by atoms with Crippen LogP contribution in [-0.2, 0) is 38.9 Å². The molecule has 3 heteroatoms. The Morgan fingerprint density at radius 2 is 0.929 bits per heavy atom. The van der Waals surface area contributed by atoms with Gasteiger partial charge in [-0.2, -0.15) is 0 Å². The molecule has 0 unspecified atom stereocenters. The summed E-state index contributed by atoms with van der Waals surface area (Å²) in [6.45, 7) is 26.9. The van der Waals surface area contributed by atoms with Gasteiger partial charge in [-0.05, 0) is 192 Å². The summed E-state index contributed by atoms with van der Waals surface area (Å²) in [5, 5.41) is 0. The molecule has 0 fully saturated rings. The fraction of sp³-hybridized carbons (Fsp3) is 0.373. The molecule has 354 valence electrons. The summed E-state index contributed by atoms with van der Waals surface area (Å²) in [4.78, 5) is 5.23. The third kappa shape index (κ3) is 6.72. The second kappa shape index (κ2) is 15.1. The lowest BCUT2D eigenvalue weighted by atomic mass is 9.33. The van der Waals surface area contributed by atoms with Crippen LogP contribution in [0.3, 0.4) is 0 Å². The average molecular weight is 920 g/mol. The fourth-order valence-electron chi connectivity index (χ4n) is 14.3. The molecule has 0 saturated carbocycles. The van der Waals surface area contributed by atoms with Gasteiger partial charge in [0.25, 0.3) is 6.71 Å². The fourth-order valence-corrected chi connectivity index (χ4v) is 14.3. The largest absolute Gasteiger partial charge is 0.311 e. The Morgan fingerprint density at radius 3 is 1.56 bits per heavy atom. The van der Waals surface area contributed by atoms with Crippen LogP contribution in [0.4, 0.5) is 34.1 Å². The van der Waals surface area contributed by atoms with Crippen LogP contribution in [-0.4, -0.2) is 6.71 Å². The van der Waals surface area contributed by atoms with E-state index in [1.165, 1.54) is 78.0 Å². The van der Waals surface area contributed by atoms with Crippen molar-refractivity contribution in [3.05, 3.63) is 172 Å². The van der Waals surface area contributed by atoms with Gasteiger partial charge < -0.3 is 9.80 Å². The first-order valence-corrected chi connectivity index (χ1v) is 26.3. The molecule has 0 amide bonds. The molecule has 12 rings (SSSR count). The van der Waals surface area contributed by atoms with E-state index >= 15 is 0 Å². The van der Waals surface area contributed by atoms with E-state index in [2.05, 4.69) is 226 Å². The normalized spacial score (nSPS) is 20.7. The summed E-state index contributed by atoms with van der Waals surface area (Å²) in [5.74, 6) is 0. The van der Waals surface area contributed by atoms with Crippen molar-refractivity contribution < 1.29 is 4.11 Å². The molecule has 0 bridgehead atoms. The zero-order valence-electron chi connectivity index (χ0n) is 46.9.